The molecule has 3 aromatic rings. The Balaban J connectivity index is 1.61. The van der Waals surface area contributed by atoms with E-state index in [0.717, 1.165) is 22.2 Å². The van der Waals surface area contributed by atoms with Crippen LogP contribution in [0.5, 0.6) is 0 Å². The molecule has 0 bridgehead atoms. The molecule has 1 fully saturated rings. The highest BCUT2D eigenvalue weighted by molar-refractivity contribution is 6.62. The van der Waals surface area contributed by atoms with Gasteiger partial charge in [0.1, 0.15) is 11.6 Å². The van der Waals surface area contributed by atoms with Crippen molar-refractivity contribution in [3.05, 3.63) is 102 Å². The van der Waals surface area contributed by atoms with E-state index in [-0.39, 0.29) is 5.97 Å². The predicted molar refractivity (Wildman–Crippen MR) is 158 cm³/mol. The molecule has 0 aromatic heterocycles. The van der Waals surface area contributed by atoms with Gasteiger partial charge in [-0.15, -0.1) is 0 Å². The molecular weight excluding hydrogens is 485 g/mol. The summed E-state index contributed by atoms with van der Waals surface area (Å²) in [6, 6.07) is 28.3. The number of carbonyl (C=O) groups excluding carboxylic acids is 1. The smallest absolute Gasteiger partial charge is 0.459 e. The Morgan fingerprint density at radius 3 is 1.67 bits per heavy atom. The van der Waals surface area contributed by atoms with Crippen LogP contribution >= 0.6 is 0 Å². The van der Waals surface area contributed by atoms with Crippen LogP contribution in [0.2, 0.25) is 0 Å². The van der Waals surface area contributed by atoms with Crippen LogP contribution < -0.4 is 5.46 Å². The van der Waals surface area contributed by atoms with Crippen molar-refractivity contribution in [3.8, 4) is 0 Å². The normalized spacial score (nSPS) is 17.3. The molecular formula is C33H42BNO4. The third kappa shape index (κ3) is 7.60. The molecule has 1 aliphatic heterocycles. The van der Waals surface area contributed by atoms with Crippen LogP contribution in [0.4, 0.5) is 0 Å². The van der Waals surface area contributed by atoms with Crippen molar-refractivity contribution in [1.82, 2.24) is 4.90 Å². The number of esters is 1. The summed E-state index contributed by atoms with van der Waals surface area (Å²) >= 11 is 0. The summed E-state index contributed by atoms with van der Waals surface area (Å²) in [5.74, 6) is -0.218. The molecule has 0 spiro atoms. The maximum absolute atomic E-state index is 13.7. The highest BCUT2D eigenvalue weighted by Crippen LogP contribution is 2.36. The summed E-state index contributed by atoms with van der Waals surface area (Å²) in [4.78, 5) is 15.9. The van der Waals surface area contributed by atoms with Gasteiger partial charge in [-0.1, -0.05) is 84.9 Å². The first-order chi connectivity index (χ1) is 18.3. The predicted octanol–water partition coefficient (Wildman–Crippen LogP) is 5.94. The molecule has 1 heterocycles. The number of benzene rings is 3. The topological polar surface area (TPSA) is 48.0 Å². The van der Waals surface area contributed by atoms with E-state index in [0.29, 0.717) is 19.5 Å². The summed E-state index contributed by atoms with van der Waals surface area (Å²) in [7, 11) is -0.418. The summed E-state index contributed by atoms with van der Waals surface area (Å²) in [6.45, 7) is 15.2. The molecule has 39 heavy (non-hydrogen) atoms. The number of hydrogen-bond donors (Lipinski definition) is 0. The molecule has 0 aliphatic carbocycles. The van der Waals surface area contributed by atoms with Crippen LogP contribution in [-0.4, -0.2) is 40.8 Å². The Labute approximate surface area is 234 Å². The quantitative estimate of drug-likeness (QED) is 0.255. The first-order valence-corrected chi connectivity index (χ1v) is 13.8. The Hall–Kier alpha value is -2.93. The molecule has 3 aromatic carbocycles. The van der Waals surface area contributed by atoms with Gasteiger partial charge in [-0.2, -0.15) is 0 Å². The van der Waals surface area contributed by atoms with E-state index in [1.54, 1.807) is 0 Å². The van der Waals surface area contributed by atoms with Crippen molar-refractivity contribution in [2.75, 3.05) is 0 Å². The van der Waals surface area contributed by atoms with Crippen LogP contribution in [0.15, 0.2) is 84.9 Å². The number of ether oxygens (including phenoxy) is 1. The van der Waals surface area contributed by atoms with Gasteiger partial charge in [0.05, 0.1) is 11.2 Å². The summed E-state index contributed by atoms with van der Waals surface area (Å²) in [5.41, 5.74) is 2.95. The maximum Gasteiger partial charge on any atom is 0.494 e. The van der Waals surface area contributed by atoms with E-state index in [9.17, 15) is 4.79 Å². The van der Waals surface area contributed by atoms with Gasteiger partial charge in [-0.25, -0.2) is 0 Å². The summed E-state index contributed by atoms with van der Waals surface area (Å²) < 4.78 is 18.4. The zero-order valence-electron chi connectivity index (χ0n) is 24.4. The largest absolute Gasteiger partial charge is 0.494 e. The maximum atomic E-state index is 13.7. The highest BCUT2D eigenvalue weighted by Gasteiger charge is 2.51. The first-order valence-electron chi connectivity index (χ1n) is 13.8. The van der Waals surface area contributed by atoms with Gasteiger partial charge >= 0.3 is 13.1 Å². The highest BCUT2D eigenvalue weighted by atomic mass is 16.7. The summed E-state index contributed by atoms with van der Waals surface area (Å²) in [5, 5.41) is 0. The Morgan fingerprint density at radius 1 is 0.769 bits per heavy atom. The second kappa shape index (κ2) is 11.7. The number of nitrogens with zero attached hydrogens (tertiary/aromatic N) is 1. The summed E-state index contributed by atoms with van der Waals surface area (Å²) in [6.07, 6.45) is 0.526. The molecule has 0 unspecified atom stereocenters. The number of hydrogen-bond acceptors (Lipinski definition) is 5. The zero-order valence-corrected chi connectivity index (χ0v) is 24.4. The van der Waals surface area contributed by atoms with Gasteiger partial charge in [-0.3, -0.25) is 9.69 Å². The molecule has 0 radical (unpaired) electrons. The van der Waals surface area contributed by atoms with Crippen LogP contribution in [0.3, 0.4) is 0 Å². The van der Waals surface area contributed by atoms with Crippen molar-refractivity contribution >= 4 is 18.6 Å². The van der Waals surface area contributed by atoms with Gasteiger partial charge in [0.2, 0.25) is 0 Å². The monoisotopic (exact) mass is 527 g/mol. The van der Waals surface area contributed by atoms with E-state index in [2.05, 4.69) is 69.0 Å². The third-order valence-corrected chi connectivity index (χ3v) is 7.51. The lowest BCUT2D eigenvalue weighted by atomic mass is 9.78. The fourth-order valence-corrected chi connectivity index (χ4v) is 4.66. The van der Waals surface area contributed by atoms with E-state index in [4.69, 9.17) is 14.0 Å². The van der Waals surface area contributed by atoms with Crippen LogP contribution in [-0.2, 0) is 38.4 Å². The van der Waals surface area contributed by atoms with Crippen molar-refractivity contribution in [2.24, 2.45) is 0 Å². The molecule has 206 valence electrons. The van der Waals surface area contributed by atoms with Gasteiger partial charge < -0.3 is 14.0 Å². The Bertz CT molecular complexity index is 1160. The van der Waals surface area contributed by atoms with Crippen LogP contribution in [0.25, 0.3) is 0 Å². The Morgan fingerprint density at radius 2 is 1.23 bits per heavy atom. The Kier molecular flexibility index (Phi) is 8.70. The van der Waals surface area contributed by atoms with E-state index >= 15 is 0 Å². The van der Waals surface area contributed by atoms with Gasteiger partial charge in [0.15, 0.2) is 0 Å². The number of rotatable bonds is 9. The molecule has 1 aliphatic rings. The molecule has 1 atom stereocenters. The lowest BCUT2D eigenvalue weighted by Gasteiger charge is -2.33. The lowest BCUT2D eigenvalue weighted by molar-refractivity contribution is -0.162. The van der Waals surface area contributed by atoms with Crippen molar-refractivity contribution < 1.29 is 18.8 Å². The second-order valence-electron chi connectivity index (χ2n) is 12.5. The van der Waals surface area contributed by atoms with Crippen molar-refractivity contribution in [3.63, 3.8) is 0 Å². The minimum atomic E-state index is -0.582. The molecule has 0 amide bonds. The standard InChI is InChI=1S/C33H42BNO4/c1-31(2,3)37-30(36)29(35(23-26-14-10-8-11-15-26)24-27-16-12-9-13-17-27)22-25-18-20-28(21-19-25)34-38-32(4,5)33(6,7)39-34/h8-21,29H,22-24H2,1-7H3/t29-/m0/s1. The van der Waals surface area contributed by atoms with Crippen molar-refractivity contribution in [1.29, 1.82) is 0 Å². The second-order valence-corrected chi connectivity index (χ2v) is 12.5. The first kappa shape index (κ1) is 29.1. The molecule has 6 heteroatoms. The molecule has 5 nitrogen and oxygen atoms in total. The molecule has 0 N–H and O–H groups in total. The fourth-order valence-electron chi connectivity index (χ4n) is 4.66. The van der Waals surface area contributed by atoms with Gasteiger partial charge in [-0.05, 0) is 77.0 Å². The fraction of sp³-hybridized carbons (Fsp3) is 0.424. The average Bonchev–Trinajstić information content (AvgIpc) is 3.09. The van der Waals surface area contributed by atoms with Gasteiger partial charge in [0, 0.05) is 13.1 Å². The third-order valence-electron chi connectivity index (χ3n) is 7.51. The average molecular weight is 528 g/mol. The van der Waals surface area contributed by atoms with E-state index < -0.39 is 30.0 Å². The van der Waals surface area contributed by atoms with Crippen molar-refractivity contribution in [2.45, 2.75) is 90.8 Å². The van der Waals surface area contributed by atoms with Crippen LogP contribution in [0, 0.1) is 0 Å². The zero-order chi connectivity index (χ0) is 28.3. The van der Waals surface area contributed by atoms with E-state index in [1.165, 1.54) is 0 Å². The molecule has 4 rings (SSSR count). The lowest BCUT2D eigenvalue weighted by Crippen LogP contribution is -2.45. The van der Waals surface area contributed by atoms with E-state index in [1.807, 2.05) is 69.3 Å². The molecule has 0 saturated carbocycles. The SMILES string of the molecule is CC(C)(C)OC(=O)[C@H](Cc1ccc(B2OC(C)(C)C(C)(C)O2)cc1)N(Cc1ccccc1)Cc1ccccc1. The minimum Gasteiger partial charge on any atom is -0.459 e. The van der Waals surface area contributed by atoms with Crippen LogP contribution in [0.1, 0.15) is 65.2 Å². The minimum absolute atomic E-state index is 0.218. The number of carbonyl (C=O) groups is 1. The van der Waals surface area contributed by atoms with Gasteiger partial charge in [0.25, 0.3) is 0 Å². The molecule has 1 saturated heterocycles.